The summed E-state index contributed by atoms with van der Waals surface area (Å²) in [5.41, 5.74) is -0.0298. The van der Waals surface area contributed by atoms with Crippen molar-refractivity contribution in [1.82, 2.24) is 9.21 Å². The summed E-state index contributed by atoms with van der Waals surface area (Å²) in [6.45, 7) is -0.232. The second-order valence-electron chi connectivity index (χ2n) is 6.42. The van der Waals surface area contributed by atoms with Crippen LogP contribution in [0.2, 0.25) is 5.02 Å². The first-order valence-electron chi connectivity index (χ1n) is 8.93. The van der Waals surface area contributed by atoms with E-state index in [2.05, 4.69) is 9.47 Å². The normalized spacial score (nSPS) is 14.9. The molecule has 0 bridgehead atoms. The molecule has 1 aromatic rings. The number of hydrogen-bond acceptors (Lipinski definition) is 7. The highest BCUT2D eigenvalue weighted by Gasteiger charge is 2.30. The van der Waals surface area contributed by atoms with E-state index in [1.54, 1.807) is 0 Å². The van der Waals surface area contributed by atoms with Crippen molar-refractivity contribution in [2.24, 2.45) is 0 Å². The van der Waals surface area contributed by atoms with Gasteiger partial charge < -0.3 is 14.4 Å². The lowest BCUT2D eigenvalue weighted by molar-refractivity contribution is -0.144. The Kier molecular flexibility index (Phi) is 8.00. The first-order valence-corrected chi connectivity index (χ1v) is 10.7. The van der Waals surface area contributed by atoms with Crippen molar-refractivity contribution in [2.75, 3.05) is 40.4 Å². The maximum atomic E-state index is 13.0. The lowest BCUT2D eigenvalue weighted by atomic mass is 10.2. The van der Waals surface area contributed by atoms with Crippen LogP contribution in [0.25, 0.3) is 0 Å². The molecule has 11 heteroatoms. The summed E-state index contributed by atoms with van der Waals surface area (Å²) < 4.78 is 36.4. The molecule has 0 atom stereocenters. The number of ether oxygens (including phenoxy) is 2. The summed E-state index contributed by atoms with van der Waals surface area (Å²) in [6, 6.07) is 3.80. The van der Waals surface area contributed by atoms with Crippen molar-refractivity contribution in [3.63, 3.8) is 0 Å². The first kappa shape index (κ1) is 23.1. The Morgan fingerprint density at radius 1 is 1.03 bits per heavy atom. The molecule has 1 heterocycles. The van der Waals surface area contributed by atoms with E-state index < -0.39 is 41.0 Å². The topological polar surface area (TPSA) is 110 Å². The van der Waals surface area contributed by atoms with E-state index in [4.69, 9.17) is 11.6 Å². The van der Waals surface area contributed by atoms with E-state index in [0.29, 0.717) is 13.1 Å². The van der Waals surface area contributed by atoms with Crippen molar-refractivity contribution in [3.05, 3.63) is 28.8 Å². The monoisotopic (exact) mass is 446 g/mol. The third-order valence-electron chi connectivity index (χ3n) is 4.49. The highest BCUT2D eigenvalue weighted by atomic mass is 35.5. The lowest BCUT2D eigenvalue weighted by Gasteiger charge is -2.26. The van der Waals surface area contributed by atoms with E-state index in [0.717, 1.165) is 44.4 Å². The largest absolute Gasteiger partial charge is 0.468 e. The number of methoxy groups -OCH3 is 2. The Morgan fingerprint density at radius 2 is 1.59 bits per heavy atom. The fourth-order valence-electron chi connectivity index (χ4n) is 2.90. The number of carbonyl (C=O) groups is 3. The van der Waals surface area contributed by atoms with Crippen LogP contribution in [0.1, 0.15) is 29.6 Å². The predicted octanol–water partition coefficient (Wildman–Crippen LogP) is 1.30. The quantitative estimate of drug-likeness (QED) is 0.580. The molecule has 0 radical (unpaired) electrons. The van der Waals surface area contributed by atoms with Crippen molar-refractivity contribution in [1.29, 1.82) is 0 Å². The zero-order valence-corrected chi connectivity index (χ0v) is 17.8. The second kappa shape index (κ2) is 10.0. The van der Waals surface area contributed by atoms with Gasteiger partial charge in [-0.05, 0) is 31.0 Å². The number of sulfonamides is 1. The molecule has 1 aliphatic heterocycles. The van der Waals surface area contributed by atoms with Crippen LogP contribution in [0, 0.1) is 0 Å². The van der Waals surface area contributed by atoms with Gasteiger partial charge in [0.05, 0.1) is 19.2 Å². The number of benzene rings is 1. The summed E-state index contributed by atoms with van der Waals surface area (Å²) in [4.78, 5) is 36.8. The Hall–Kier alpha value is -2.17. The zero-order valence-electron chi connectivity index (χ0n) is 16.2. The van der Waals surface area contributed by atoms with Gasteiger partial charge in [0.25, 0.3) is 5.91 Å². The number of amides is 1. The summed E-state index contributed by atoms with van der Waals surface area (Å²) >= 11 is 6.12. The number of hydrogen-bond donors (Lipinski definition) is 0. The molecule has 2 rings (SSSR count). The average molecular weight is 447 g/mol. The maximum absolute atomic E-state index is 13.0. The molecule has 1 fully saturated rings. The first-order chi connectivity index (χ1) is 13.7. The molecule has 29 heavy (non-hydrogen) atoms. The third-order valence-corrected chi connectivity index (χ3v) is 6.87. The molecule has 1 aromatic carbocycles. The number of rotatable bonds is 7. The number of piperidine rings is 1. The van der Waals surface area contributed by atoms with Gasteiger partial charge in [-0.3, -0.25) is 14.4 Å². The smallest absolute Gasteiger partial charge is 0.325 e. The SMILES string of the molecule is COC(=O)CN(CC(=O)OC)C(=O)c1ccc(Cl)c(S(=O)(=O)N2CCCCC2)c1. The Bertz CT molecular complexity index is 864. The van der Waals surface area contributed by atoms with Gasteiger partial charge >= 0.3 is 11.9 Å². The van der Waals surface area contributed by atoms with Crippen LogP contribution in [-0.2, 0) is 29.1 Å². The number of halogens is 1. The van der Waals surface area contributed by atoms with Gasteiger partial charge in [-0.1, -0.05) is 18.0 Å². The molecule has 160 valence electrons. The fourth-order valence-corrected chi connectivity index (χ4v) is 4.92. The Morgan fingerprint density at radius 3 is 2.10 bits per heavy atom. The van der Waals surface area contributed by atoms with Crippen molar-refractivity contribution in [3.8, 4) is 0 Å². The van der Waals surface area contributed by atoms with Crippen LogP contribution < -0.4 is 0 Å². The molecule has 0 spiro atoms. The zero-order chi connectivity index (χ0) is 21.6. The maximum Gasteiger partial charge on any atom is 0.325 e. The van der Waals surface area contributed by atoms with Gasteiger partial charge in [-0.25, -0.2) is 8.42 Å². The van der Waals surface area contributed by atoms with E-state index >= 15 is 0 Å². The van der Waals surface area contributed by atoms with Crippen LogP contribution in [0.4, 0.5) is 0 Å². The van der Waals surface area contributed by atoms with E-state index in [-0.39, 0.29) is 15.5 Å². The molecule has 0 N–H and O–H groups in total. The van der Waals surface area contributed by atoms with Gasteiger partial charge in [0.15, 0.2) is 0 Å². The molecule has 1 amide bonds. The van der Waals surface area contributed by atoms with Gasteiger partial charge in [-0.15, -0.1) is 0 Å². The Labute approximate surface area is 174 Å². The van der Waals surface area contributed by atoms with Crippen LogP contribution >= 0.6 is 11.6 Å². The van der Waals surface area contributed by atoms with Crippen molar-refractivity contribution in [2.45, 2.75) is 24.2 Å². The third kappa shape index (κ3) is 5.68. The molecule has 0 aliphatic carbocycles. The van der Waals surface area contributed by atoms with E-state index in [1.165, 1.54) is 16.4 Å². The molecule has 0 saturated carbocycles. The second-order valence-corrected chi connectivity index (χ2v) is 8.74. The van der Waals surface area contributed by atoms with Gasteiger partial charge in [0.1, 0.15) is 18.0 Å². The Balaban J connectivity index is 2.37. The molecule has 0 unspecified atom stereocenters. The highest BCUT2D eigenvalue weighted by molar-refractivity contribution is 7.89. The van der Waals surface area contributed by atoms with Crippen molar-refractivity contribution >= 4 is 39.5 Å². The summed E-state index contributed by atoms with van der Waals surface area (Å²) in [5, 5.41) is -0.0143. The minimum Gasteiger partial charge on any atom is -0.468 e. The molecule has 0 aromatic heterocycles. The lowest BCUT2D eigenvalue weighted by Crippen LogP contribution is -2.40. The van der Waals surface area contributed by atoms with Gasteiger partial charge in [-0.2, -0.15) is 4.31 Å². The number of carbonyl (C=O) groups excluding carboxylic acids is 3. The van der Waals surface area contributed by atoms with Crippen LogP contribution in [0.5, 0.6) is 0 Å². The molecular weight excluding hydrogens is 424 g/mol. The highest BCUT2D eigenvalue weighted by Crippen LogP contribution is 2.28. The molecule has 1 aliphatic rings. The summed E-state index contributed by atoms with van der Waals surface area (Å²) in [7, 11) is -1.59. The summed E-state index contributed by atoms with van der Waals surface area (Å²) in [5.74, 6) is -2.21. The number of nitrogens with zero attached hydrogens (tertiary/aromatic N) is 2. The van der Waals surface area contributed by atoms with Crippen LogP contribution in [0.15, 0.2) is 23.1 Å². The van der Waals surface area contributed by atoms with Crippen LogP contribution in [-0.4, -0.2) is 75.9 Å². The molecular formula is C18H23ClN2O7S. The minimum absolute atomic E-state index is 0.0143. The number of esters is 2. The molecule has 1 saturated heterocycles. The average Bonchev–Trinajstić information content (AvgIpc) is 2.73. The fraction of sp³-hybridized carbons (Fsp3) is 0.500. The van der Waals surface area contributed by atoms with Gasteiger partial charge in [0.2, 0.25) is 10.0 Å². The van der Waals surface area contributed by atoms with E-state index in [1.807, 2.05) is 0 Å². The van der Waals surface area contributed by atoms with E-state index in [9.17, 15) is 22.8 Å². The standard InChI is InChI=1S/C18H23ClN2O7S/c1-27-16(22)11-20(12-17(23)28-2)18(24)13-6-7-14(19)15(10-13)29(25,26)21-8-4-3-5-9-21/h6-7,10H,3-5,8-9,11-12H2,1-2H3. The van der Waals surface area contributed by atoms with Crippen molar-refractivity contribution < 1.29 is 32.3 Å². The minimum atomic E-state index is -3.88. The molecule has 9 nitrogen and oxygen atoms in total. The van der Waals surface area contributed by atoms with Crippen LogP contribution in [0.3, 0.4) is 0 Å². The predicted molar refractivity (Wildman–Crippen MR) is 104 cm³/mol. The summed E-state index contributed by atoms with van der Waals surface area (Å²) in [6.07, 6.45) is 2.46. The van der Waals surface area contributed by atoms with Gasteiger partial charge in [0, 0.05) is 18.7 Å².